The lowest BCUT2D eigenvalue weighted by Crippen LogP contribution is -2.22. The highest BCUT2D eigenvalue weighted by molar-refractivity contribution is 5.66. The van der Waals surface area contributed by atoms with Gasteiger partial charge in [0.05, 0.1) is 0 Å². The highest BCUT2D eigenvalue weighted by Gasteiger charge is 2.14. The van der Waals surface area contributed by atoms with Crippen molar-refractivity contribution in [3.8, 4) is 0 Å². The van der Waals surface area contributed by atoms with Gasteiger partial charge >= 0.3 is 5.97 Å². The van der Waals surface area contributed by atoms with Gasteiger partial charge in [0, 0.05) is 12.8 Å². The summed E-state index contributed by atoms with van der Waals surface area (Å²) in [5.74, 6) is -2.64. The number of carboxylic acids is 1. The van der Waals surface area contributed by atoms with Crippen LogP contribution in [0.1, 0.15) is 26.2 Å². The first-order chi connectivity index (χ1) is 4.42. The number of aliphatic hydroxyl groups is 2. The van der Waals surface area contributed by atoms with E-state index in [1.165, 1.54) is 6.92 Å². The molecule has 0 atom stereocenters. The summed E-state index contributed by atoms with van der Waals surface area (Å²) < 4.78 is 0. The Balaban J connectivity index is 3.29. The Morgan fingerprint density at radius 3 is 2.30 bits per heavy atom. The van der Waals surface area contributed by atoms with Gasteiger partial charge in [-0.25, -0.2) is 0 Å². The third-order valence-corrected chi connectivity index (χ3v) is 1.04. The van der Waals surface area contributed by atoms with Crippen molar-refractivity contribution in [2.45, 2.75) is 32.0 Å². The first-order valence-electron chi connectivity index (χ1n) is 3.08. The summed E-state index contributed by atoms with van der Waals surface area (Å²) in [6.07, 6.45) is 0.370. The lowest BCUT2D eigenvalue weighted by atomic mass is 10.1. The standard InChI is InChI=1S/C6H12O4/c1-6(9,10)4-2-3-5(7)8/h9-10H,2-4H2,1H3,(H,7,8). The van der Waals surface area contributed by atoms with Crippen molar-refractivity contribution >= 4 is 5.97 Å². The highest BCUT2D eigenvalue weighted by atomic mass is 16.5. The largest absolute Gasteiger partial charge is 0.481 e. The van der Waals surface area contributed by atoms with Gasteiger partial charge < -0.3 is 15.3 Å². The summed E-state index contributed by atoms with van der Waals surface area (Å²) in [6.45, 7) is 1.23. The lowest BCUT2D eigenvalue weighted by molar-refractivity contribution is -0.152. The zero-order chi connectivity index (χ0) is 8.20. The van der Waals surface area contributed by atoms with Crippen molar-refractivity contribution < 1.29 is 20.1 Å². The van der Waals surface area contributed by atoms with Crippen LogP contribution in [0, 0.1) is 0 Å². The molecule has 0 saturated heterocycles. The summed E-state index contributed by atoms with van der Waals surface area (Å²) in [6, 6.07) is 0. The number of aliphatic carboxylic acids is 1. The molecular weight excluding hydrogens is 136 g/mol. The molecule has 0 radical (unpaired) electrons. The quantitative estimate of drug-likeness (QED) is 0.488. The topological polar surface area (TPSA) is 77.8 Å². The number of carbonyl (C=O) groups is 1. The smallest absolute Gasteiger partial charge is 0.303 e. The normalized spacial score (nSPS) is 11.5. The molecule has 0 aliphatic heterocycles. The van der Waals surface area contributed by atoms with Gasteiger partial charge in [0.15, 0.2) is 5.79 Å². The van der Waals surface area contributed by atoms with Crippen LogP contribution in [-0.2, 0) is 4.79 Å². The van der Waals surface area contributed by atoms with Gasteiger partial charge in [-0.05, 0) is 13.3 Å². The zero-order valence-corrected chi connectivity index (χ0v) is 5.87. The van der Waals surface area contributed by atoms with Gasteiger partial charge in [-0.1, -0.05) is 0 Å². The third-order valence-electron chi connectivity index (χ3n) is 1.04. The average molecular weight is 148 g/mol. The van der Waals surface area contributed by atoms with E-state index in [1.54, 1.807) is 0 Å². The number of rotatable bonds is 4. The number of hydrogen-bond donors (Lipinski definition) is 3. The van der Waals surface area contributed by atoms with Crippen molar-refractivity contribution in [1.82, 2.24) is 0 Å². The Hall–Kier alpha value is -0.610. The van der Waals surface area contributed by atoms with Crippen molar-refractivity contribution in [3.63, 3.8) is 0 Å². The maximum Gasteiger partial charge on any atom is 0.303 e. The Morgan fingerprint density at radius 2 is 2.00 bits per heavy atom. The minimum absolute atomic E-state index is 0.0172. The predicted octanol–water partition coefficient (Wildman–Crippen LogP) is -0.0579. The molecule has 0 aliphatic rings. The summed E-state index contributed by atoms with van der Waals surface area (Å²) >= 11 is 0. The molecule has 60 valence electrons. The molecule has 0 heterocycles. The molecule has 0 aromatic carbocycles. The van der Waals surface area contributed by atoms with Crippen LogP contribution >= 0.6 is 0 Å². The summed E-state index contributed by atoms with van der Waals surface area (Å²) in [5.41, 5.74) is 0. The second kappa shape index (κ2) is 3.53. The van der Waals surface area contributed by atoms with E-state index in [9.17, 15) is 4.79 Å². The third kappa shape index (κ3) is 7.39. The van der Waals surface area contributed by atoms with Crippen LogP contribution in [0.2, 0.25) is 0 Å². The molecule has 0 amide bonds. The molecule has 3 N–H and O–H groups in total. The van der Waals surface area contributed by atoms with Crippen molar-refractivity contribution in [3.05, 3.63) is 0 Å². The maximum atomic E-state index is 9.92. The second-order valence-electron chi connectivity index (χ2n) is 2.46. The van der Waals surface area contributed by atoms with E-state index in [0.717, 1.165) is 0 Å². The Morgan fingerprint density at radius 1 is 1.50 bits per heavy atom. The van der Waals surface area contributed by atoms with Crippen LogP contribution < -0.4 is 0 Å². The zero-order valence-electron chi connectivity index (χ0n) is 5.87. The van der Waals surface area contributed by atoms with Crippen LogP contribution in [0.4, 0.5) is 0 Å². The predicted molar refractivity (Wildman–Crippen MR) is 34.3 cm³/mol. The van der Waals surface area contributed by atoms with Gasteiger partial charge in [-0.2, -0.15) is 0 Å². The van der Waals surface area contributed by atoms with Crippen molar-refractivity contribution in [2.75, 3.05) is 0 Å². The van der Waals surface area contributed by atoms with Gasteiger partial charge in [-0.15, -0.1) is 0 Å². The molecule has 0 spiro atoms. The van der Waals surface area contributed by atoms with Crippen LogP contribution in [0.3, 0.4) is 0 Å². The van der Waals surface area contributed by atoms with Gasteiger partial charge in [0.25, 0.3) is 0 Å². The molecule has 4 heteroatoms. The Bertz CT molecular complexity index is 113. The minimum atomic E-state index is -1.73. The molecule has 0 rings (SSSR count). The average Bonchev–Trinajstić information content (AvgIpc) is 1.59. The van der Waals surface area contributed by atoms with Gasteiger partial charge in [0.1, 0.15) is 0 Å². The van der Waals surface area contributed by atoms with E-state index < -0.39 is 11.8 Å². The van der Waals surface area contributed by atoms with E-state index in [-0.39, 0.29) is 12.8 Å². The summed E-state index contributed by atoms with van der Waals surface area (Å²) in [5, 5.41) is 25.5. The molecule has 4 nitrogen and oxygen atoms in total. The molecule has 0 saturated carbocycles. The minimum Gasteiger partial charge on any atom is -0.481 e. The van der Waals surface area contributed by atoms with Crippen LogP contribution in [0.15, 0.2) is 0 Å². The van der Waals surface area contributed by atoms with Crippen molar-refractivity contribution in [2.24, 2.45) is 0 Å². The Labute approximate surface area is 59.1 Å². The monoisotopic (exact) mass is 148 g/mol. The van der Waals surface area contributed by atoms with E-state index >= 15 is 0 Å². The molecule has 10 heavy (non-hydrogen) atoms. The SMILES string of the molecule is CC(O)(O)CCCC(=O)O. The molecule has 0 aromatic rings. The summed E-state index contributed by atoms with van der Waals surface area (Å²) in [7, 11) is 0. The fourth-order valence-corrected chi connectivity index (χ4v) is 0.575. The molecular formula is C6H12O4. The molecule has 0 bridgehead atoms. The number of hydrogen-bond acceptors (Lipinski definition) is 3. The van der Waals surface area contributed by atoms with Crippen LogP contribution in [0.5, 0.6) is 0 Å². The highest BCUT2D eigenvalue weighted by Crippen LogP contribution is 2.08. The van der Waals surface area contributed by atoms with Gasteiger partial charge in [-0.3, -0.25) is 4.79 Å². The van der Waals surface area contributed by atoms with E-state index in [4.69, 9.17) is 15.3 Å². The first-order valence-corrected chi connectivity index (χ1v) is 3.08. The number of carboxylic acid groups (broad SMARTS) is 1. The second-order valence-corrected chi connectivity index (χ2v) is 2.46. The fourth-order valence-electron chi connectivity index (χ4n) is 0.575. The molecule has 0 fully saturated rings. The maximum absolute atomic E-state index is 9.92. The first kappa shape index (κ1) is 9.39. The Kier molecular flexibility index (Phi) is 3.32. The van der Waals surface area contributed by atoms with Crippen LogP contribution in [0.25, 0.3) is 0 Å². The van der Waals surface area contributed by atoms with Crippen LogP contribution in [-0.4, -0.2) is 27.1 Å². The van der Waals surface area contributed by atoms with E-state index in [0.29, 0.717) is 6.42 Å². The summed E-state index contributed by atoms with van der Waals surface area (Å²) in [4.78, 5) is 9.92. The van der Waals surface area contributed by atoms with Crippen molar-refractivity contribution in [1.29, 1.82) is 0 Å². The fraction of sp³-hybridized carbons (Fsp3) is 0.833. The van der Waals surface area contributed by atoms with E-state index in [2.05, 4.69) is 0 Å². The van der Waals surface area contributed by atoms with E-state index in [1.807, 2.05) is 0 Å². The molecule has 0 aromatic heterocycles. The lowest BCUT2D eigenvalue weighted by Gasteiger charge is -2.13. The molecule has 0 unspecified atom stereocenters. The molecule has 0 aliphatic carbocycles. The van der Waals surface area contributed by atoms with Gasteiger partial charge in [0.2, 0.25) is 0 Å².